The van der Waals surface area contributed by atoms with Crippen molar-refractivity contribution in [3.8, 4) is 0 Å². The highest BCUT2D eigenvalue weighted by molar-refractivity contribution is 7.18. The number of carbonyl (C=O) groups is 2. The number of aromatic amines is 1. The van der Waals surface area contributed by atoms with Crippen LogP contribution in [0.25, 0.3) is 10.2 Å². The highest BCUT2D eigenvalue weighted by Crippen LogP contribution is 2.33. The number of thiophene rings is 1. The Morgan fingerprint density at radius 1 is 1.19 bits per heavy atom. The predicted molar refractivity (Wildman–Crippen MR) is 120 cm³/mol. The molecule has 1 N–H and O–H groups in total. The van der Waals surface area contributed by atoms with Crippen LogP contribution in [-0.2, 0) is 33.6 Å². The average molecular weight is 446 g/mol. The molecule has 7 nitrogen and oxygen atoms in total. The Morgan fingerprint density at radius 3 is 2.71 bits per heavy atom. The smallest absolute Gasteiger partial charge is 0.306 e. The second kappa shape index (κ2) is 9.51. The summed E-state index contributed by atoms with van der Waals surface area (Å²) in [5, 5.41) is 0.719. The monoisotopic (exact) mass is 445 g/mol. The van der Waals surface area contributed by atoms with E-state index in [0.29, 0.717) is 5.82 Å². The van der Waals surface area contributed by atoms with E-state index in [-0.39, 0.29) is 37.0 Å². The number of nitrogens with one attached hydrogen (secondary N) is 1. The van der Waals surface area contributed by atoms with Crippen LogP contribution in [0.2, 0.25) is 0 Å². The molecule has 2 aromatic rings. The molecule has 0 aromatic carbocycles. The lowest BCUT2D eigenvalue weighted by molar-refractivity contribution is -0.152. The van der Waals surface area contributed by atoms with Gasteiger partial charge in [-0.2, -0.15) is 0 Å². The van der Waals surface area contributed by atoms with Crippen LogP contribution in [0.3, 0.4) is 0 Å². The van der Waals surface area contributed by atoms with E-state index in [1.807, 2.05) is 0 Å². The van der Waals surface area contributed by atoms with Gasteiger partial charge in [0.1, 0.15) is 10.7 Å². The Morgan fingerprint density at radius 2 is 1.94 bits per heavy atom. The maximum absolute atomic E-state index is 12.6. The molecule has 168 valence electrons. The van der Waals surface area contributed by atoms with Crippen molar-refractivity contribution in [2.45, 2.75) is 77.2 Å². The first-order chi connectivity index (χ1) is 14.9. The predicted octanol–water partition coefficient (Wildman–Crippen LogP) is 3.38. The number of likely N-dealkylation sites (N-methyl/N-ethyl adjacent to an activating group) is 1. The third-order valence-electron chi connectivity index (χ3n) is 6.72. The zero-order valence-electron chi connectivity index (χ0n) is 18.4. The van der Waals surface area contributed by atoms with Gasteiger partial charge in [0.15, 0.2) is 6.61 Å². The van der Waals surface area contributed by atoms with Crippen LogP contribution in [0.5, 0.6) is 0 Å². The van der Waals surface area contributed by atoms with E-state index in [9.17, 15) is 14.4 Å². The van der Waals surface area contributed by atoms with E-state index in [1.54, 1.807) is 23.3 Å². The average Bonchev–Trinajstić information content (AvgIpc) is 3.15. The number of fused-ring (bicyclic) bond motifs is 3. The van der Waals surface area contributed by atoms with E-state index >= 15 is 0 Å². The zero-order chi connectivity index (χ0) is 22.0. The Balaban J connectivity index is 1.29. The Hall–Kier alpha value is -2.22. The fraction of sp³-hybridized carbons (Fsp3) is 0.652. The summed E-state index contributed by atoms with van der Waals surface area (Å²) in [5.41, 5.74) is 1.03. The number of rotatable bonds is 6. The van der Waals surface area contributed by atoms with Crippen LogP contribution in [0.4, 0.5) is 0 Å². The van der Waals surface area contributed by atoms with Crippen LogP contribution < -0.4 is 5.56 Å². The van der Waals surface area contributed by atoms with Gasteiger partial charge in [0, 0.05) is 24.4 Å². The molecule has 1 amide bonds. The first kappa shape index (κ1) is 22.0. The van der Waals surface area contributed by atoms with Crippen molar-refractivity contribution in [1.82, 2.24) is 14.9 Å². The number of aromatic nitrogens is 2. The third kappa shape index (κ3) is 5.00. The van der Waals surface area contributed by atoms with Crippen LogP contribution in [0.1, 0.15) is 68.1 Å². The maximum atomic E-state index is 12.6. The molecule has 31 heavy (non-hydrogen) atoms. The number of aryl methyl sites for hydroxylation is 3. The van der Waals surface area contributed by atoms with Crippen molar-refractivity contribution < 1.29 is 14.3 Å². The molecule has 8 heteroatoms. The largest absolute Gasteiger partial charge is 0.456 e. The van der Waals surface area contributed by atoms with E-state index in [2.05, 4.69) is 16.9 Å². The number of carbonyl (C=O) groups excluding carboxylic acids is 2. The quantitative estimate of drug-likeness (QED) is 0.688. The summed E-state index contributed by atoms with van der Waals surface area (Å²) in [5.74, 6) is 0.599. The van der Waals surface area contributed by atoms with Crippen molar-refractivity contribution in [2.24, 2.45) is 5.92 Å². The van der Waals surface area contributed by atoms with Gasteiger partial charge in [0.05, 0.1) is 11.8 Å². The summed E-state index contributed by atoms with van der Waals surface area (Å²) in [6.45, 7) is 2.01. The fourth-order valence-electron chi connectivity index (χ4n) is 4.70. The highest BCUT2D eigenvalue weighted by Gasteiger charge is 2.25. The first-order valence-corrected chi connectivity index (χ1v) is 12.2. The first-order valence-electron chi connectivity index (χ1n) is 11.4. The molecular weight excluding hydrogens is 414 g/mol. The number of amides is 1. The molecule has 0 bridgehead atoms. The number of hydrogen-bond acceptors (Lipinski definition) is 6. The van der Waals surface area contributed by atoms with Gasteiger partial charge in [-0.15, -0.1) is 11.3 Å². The molecule has 2 aliphatic carbocycles. The summed E-state index contributed by atoms with van der Waals surface area (Å²) < 4.78 is 5.20. The number of hydrogen-bond donors (Lipinski definition) is 1. The standard InChI is InChI=1S/C23H31N3O4S/c1-14-7-9-15(10-8-14)26(2)19(27)13-30-20(28)12-11-18-24-22(29)21-16-5-3-4-6-17(16)31-23(21)25-18/h14-15H,3-13H2,1-2H3,(H,24,25,29). The topological polar surface area (TPSA) is 92.4 Å². The van der Waals surface area contributed by atoms with Crippen molar-refractivity contribution in [2.75, 3.05) is 13.7 Å². The van der Waals surface area contributed by atoms with Crippen molar-refractivity contribution in [3.63, 3.8) is 0 Å². The molecule has 1 fully saturated rings. The lowest BCUT2D eigenvalue weighted by atomic mass is 9.87. The molecule has 1 saturated carbocycles. The SMILES string of the molecule is CC1CCC(N(C)C(=O)COC(=O)CCc2nc3sc4c(c3c(=O)[nH]2)CCCC4)CC1. The molecule has 0 aliphatic heterocycles. The molecule has 0 unspecified atom stereocenters. The minimum absolute atomic E-state index is 0.0808. The number of nitrogens with zero attached hydrogens (tertiary/aromatic N) is 2. The second-order valence-electron chi connectivity index (χ2n) is 8.98. The van der Waals surface area contributed by atoms with Crippen molar-refractivity contribution >= 4 is 33.4 Å². The van der Waals surface area contributed by atoms with Crippen molar-refractivity contribution in [3.05, 3.63) is 26.6 Å². The Bertz CT molecular complexity index is 1020. The lowest BCUT2D eigenvalue weighted by Crippen LogP contribution is -2.41. The Labute approximate surface area is 186 Å². The summed E-state index contributed by atoms with van der Waals surface area (Å²) in [6.07, 6.45) is 8.86. The molecular formula is C23H31N3O4S. The molecule has 0 spiro atoms. The number of H-pyrrole nitrogens is 1. The van der Waals surface area contributed by atoms with Crippen LogP contribution in [-0.4, -0.2) is 46.4 Å². The lowest BCUT2D eigenvalue weighted by Gasteiger charge is -2.33. The maximum Gasteiger partial charge on any atom is 0.306 e. The van der Waals surface area contributed by atoms with E-state index in [4.69, 9.17) is 4.74 Å². The van der Waals surface area contributed by atoms with Gasteiger partial charge in [-0.25, -0.2) is 4.98 Å². The summed E-state index contributed by atoms with van der Waals surface area (Å²) in [6, 6.07) is 0.236. The van der Waals surface area contributed by atoms with E-state index in [1.165, 1.54) is 4.88 Å². The highest BCUT2D eigenvalue weighted by atomic mass is 32.1. The third-order valence-corrected chi connectivity index (χ3v) is 7.91. The molecule has 2 aliphatic rings. The molecule has 0 radical (unpaired) electrons. The Kier molecular flexibility index (Phi) is 6.74. The molecule has 0 atom stereocenters. The normalized spacial score (nSPS) is 21.0. The molecule has 0 saturated heterocycles. The number of ether oxygens (including phenoxy) is 1. The molecule has 2 heterocycles. The van der Waals surface area contributed by atoms with Gasteiger partial charge in [0.2, 0.25) is 0 Å². The number of esters is 1. The fourth-order valence-corrected chi connectivity index (χ4v) is 5.98. The minimum Gasteiger partial charge on any atom is -0.456 e. The second-order valence-corrected chi connectivity index (χ2v) is 10.1. The van der Waals surface area contributed by atoms with Crippen LogP contribution in [0, 0.1) is 5.92 Å². The van der Waals surface area contributed by atoms with Gasteiger partial charge >= 0.3 is 5.97 Å². The van der Waals surface area contributed by atoms with Crippen molar-refractivity contribution in [1.29, 1.82) is 0 Å². The van der Waals surface area contributed by atoms with Crippen LogP contribution in [0.15, 0.2) is 4.79 Å². The van der Waals surface area contributed by atoms with Gasteiger partial charge in [0.25, 0.3) is 11.5 Å². The summed E-state index contributed by atoms with van der Waals surface area (Å²) in [7, 11) is 1.79. The van der Waals surface area contributed by atoms with Gasteiger partial charge < -0.3 is 14.6 Å². The minimum atomic E-state index is -0.452. The summed E-state index contributed by atoms with van der Waals surface area (Å²) in [4.78, 5) is 48.3. The summed E-state index contributed by atoms with van der Waals surface area (Å²) >= 11 is 1.60. The zero-order valence-corrected chi connectivity index (χ0v) is 19.2. The van der Waals surface area contributed by atoms with Crippen LogP contribution >= 0.6 is 11.3 Å². The van der Waals surface area contributed by atoms with E-state index < -0.39 is 5.97 Å². The van der Waals surface area contributed by atoms with E-state index in [0.717, 1.165) is 73.1 Å². The van der Waals surface area contributed by atoms with Gasteiger partial charge in [-0.3, -0.25) is 14.4 Å². The van der Waals surface area contributed by atoms with Gasteiger partial charge in [-0.1, -0.05) is 6.92 Å². The molecule has 2 aromatic heterocycles. The van der Waals surface area contributed by atoms with Gasteiger partial charge in [-0.05, 0) is 62.8 Å². The molecule has 4 rings (SSSR count).